The Labute approximate surface area is 193 Å². The number of non-ortho nitro benzene ring substituents is 1. The van der Waals surface area contributed by atoms with Gasteiger partial charge in [-0.25, -0.2) is 0 Å². The molecule has 160 valence electrons. The molecule has 2 aromatic carbocycles. The zero-order chi connectivity index (χ0) is 20.3. The van der Waals surface area contributed by atoms with Crippen LogP contribution in [-0.2, 0) is 6.54 Å². The summed E-state index contributed by atoms with van der Waals surface area (Å²) in [5.41, 5.74) is 1.98. The molecule has 0 saturated heterocycles. The average Bonchev–Trinajstić information content (AvgIpc) is 3.18. The lowest BCUT2D eigenvalue weighted by Gasteiger charge is -2.40. The molecule has 1 saturated carbocycles. The minimum absolute atomic E-state index is 0. The van der Waals surface area contributed by atoms with E-state index in [9.17, 15) is 10.1 Å². The number of benzene rings is 2. The number of aliphatic imine (C=N–C) groups is 1. The van der Waals surface area contributed by atoms with Crippen molar-refractivity contribution in [2.75, 3.05) is 7.05 Å². The topological polar surface area (TPSA) is 88.8 Å². The van der Waals surface area contributed by atoms with Gasteiger partial charge in [-0.2, -0.15) is 0 Å². The van der Waals surface area contributed by atoms with E-state index < -0.39 is 0 Å². The van der Waals surface area contributed by atoms with Gasteiger partial charge in [0.05, 0.1) is 11.0 Å². The van der Waals surface area contributed by atoms with Crippen molar-refractivity contribution in [3.05, 3.63) is 69.8 Å². The van der Waals surface area contributed by atoms with Gasteiger partial charge in [0.2, 0.25) is 0 Å². The third-order valence-electron chi connectivity index (χ3n) is 5.83. The van der Waals surface area contributed by atoms with Crippen molar-refractivity contribution in [3.63, 3.8) is 0 Å². The number of guanidine groups is 1. The number of ether oxygens (including phenoxy) is 1. The normalized spacial score (nSPS) is 19.4. The smallest absolute Gasteiger partial charge is 0.269 e. The molecule has 0 amide bonds. The molecule has 1 atom stereocenters. The molecule has 0 bridgehead atoms. The lowest BCUT2D eigenvalue weighted by Crippen LogP contribution is -2.46. The van der Waals surface area contributed by atoms with Crippen LogP contribution in [0.5, 0.6) is 5.75 Å². The van der Waals surface area contributed by atoms with E-state index in [0.29, 0.717) is 12.5 Å². The highest BCUT2D eigenvalue weighted by atomic mass is 127. The fourth-order valence-electron chi connectivity index (χ4n) is 4.40. The Kier molecular flexibility index (Phi) is 7.17. The van der Waals surface area contributed by atoms with Gasteiger partial charge < -0.3 is 15.4 Å². The number of rotatable bonds is 4. The first-order chi connectivity index (χ1) is 14.1. The highest BCUT2D eigenvalue weighted by Gasteiger charge is 2.43. The second-order valence-corrected chi connectivity index (χ2v) is 7.78. The van der Waals surface area contributed by atoms with E-state index >= 15 is 0 Å². The zero-order valence-corrected chi connectivity index (χ0v) is 19.3. The predicted octanol–water partition coefficient (Wildman–Crippen LogP) is 4.71. The Morgan fingerprint density at radius 3 is 2.73 bits per heavy atom. The van der Waals surface area contributed by atoms with Crippen LogP contribution in [0.2, 0.25) is 0 Å². The minimum atomic E-state index is -0.378. The average molecular weight is 522 g/mol. The monoisotopic (exact) mass is 522 g/mol. The Morgan fingerprint density at radius 2 is 2.00 bits per heavy atom. The lowest BCUT2D eigenvalue weighted by molar-refractivity contribution is -0.384. The number of hydrogen-bond donors (Lipinski definition) is 2. The van der Waals surface area contributed by atoms with Crippen LogP contribution < -0.4 is 15.4 Å². The molecule has 1 unspecified atom stereocenters. The number of nitro groups is 1. The molecule has 2 aromatic rings. The largest absolute Gasteiger partial charge is 0.487 e. The van der Waals surface area contributed by atoms with Crippen molar-refractivity contribution in [3.8, 4) is 5.75 Å². The molecule has 1 fully saturated rings. The van der Waals surface area contributed by atoms with E-state index in [0.717, 1.165) is 36.1 Å². The van der Waals surface area contributed by atoms with E-state index in [4.69, 9.17) is 4.74 Å². The third kappa shape index (κ3) is 4.85. The molecule has 1 aliphatic carbocycles. The summed E-state index contributed by atoms with van der Waals surface area (Å²) in [7, 11) is 1.74. The van der Waals surface area contributed by atoms with Crippen molar-refractivity contribution in [1.82, 2.24) is 10.6 Å². The maximum absolute atomic E-state index is 11.0. The van der Waals surface area contributed by atoms with E-state index in [1.54, 1.807) is 19.2 Å². The van der Waals surface area contributed by atoms with Crippen LogP contribution in [0.3, 0.4) is 0 Å². The summed E-state index contributed by atoms with van der Waals surface area (Å²) in [5, 5.41) is 17.8. The standard InChI is InChI=1S/C22H26N4O3.HI/c1-23-21(24-15-16-7-6-8-17(13-16)26(27)28)25-19-14-22(11-4-5-12-22)29-20-10-3-2-9-18(19)20;/h2-3,6-10,13,19H,4-5,11-12,14-15H2,1H3,(H2,23,24,25);1H. The van der Waals surface area contributed by atoms with Crippen LogP contribution >= 0.6 is 24.0 Å². The van der Waals surface area contributed by atoms with Crippen LogP contribution in [0.25, 0.3) is 0 Å². The maximum Gasteiger partial charge on any atom is 0.269 e. The molecule has 7 nitrogen and oxygen atoms in total. The van der Waals surface area contributed by atoms with Gasteiger partial charge in [0.1, 0.15) is 11.4 Å². The van der Waals surface area contributed by atoms with Gasteiger partial charge in [0.15, 0.2) is 5.96 Å². The molecule has 1 spiro atoms. The number of halogens is 1. The molecule has 2 N–H and O–H groups in total. The molecule has 1 heterocycles. The lowest BCUT2D eigenvalue weighted by atomic mass is 9.86. The molecule has 0 radical (unpaired) electrons. The number of nitrogens with one attached hydrogen (secondary N) is 2. The quantitative estimate of drug-likeness (QED) is 0.200. The van der Waals surface area contributed by atoms with Crippen molar-refractivity contribution < 1.29 is 9.66 Å². The summed E-state index contributed by atoms with van der Waals surface area (Å²) in [6.07, 6.45) is 5.48. The molecule has 30 heavy (non-hydrogen) atoms. The molecule has 2 aliphatic rings. The number of fused-ring (bicyclic) bond motifs is 1. The van der Waals surface area contributed by atoms with Crippen LogP contribution in [0, 0.1) is 10.1 Å². The van der Waals surface area contributed by atoms with Crippen LogP contribution in [0.4, 0.5) is 5.69 Å². The number of nitro benzene ring substituents is 1. The fraction of sp³-hybridized carbons (Fsp3) is 0.409. The second-order valence-electron chi connectivity index (χ2n) is 7.78. The van der Waals surface area contributed by atoms with Crippen LogP contribution in [-0.4, -0.2) is 23.5 Å². The number of para-hydroxylation sites is 1. The Hall–Kier alpha value is -2.36. The van der Waals surface area contributed by atoms with Crippen molar-refractivity contribution >= 4 is 35.6 Å². The first-order valence-electron chi connectivity index (χ1n) is 10.1. The van der Waals surface area contributed by atoms with Gasteiger partial charge in [-0.1, -0.05) is 30.3 Å². The SMILES string of the molecule is CN=C(NCc1cccc([N+](=O)[O-])c1)NC1CC2(CCCC2)Oc2ccccc21.I. The van der Waals surface area contributed by atoms with Gasteiger partial charge in [0, 0.05) is 37.7 Å². The Morgan fingerprint density at radius 1 is 1.23 bits per heavy atom. The van der Waals surface area contributed by atoms with E-state index in [-0.39, 0.29) is 46.2 Å². The molecule has 8 heteroatoms. The molecular weight excluding hydrogens is 495 g/mol. The Bertz CT molecular complexity index is 928. The predicted molar refractivity (Wildman–Crippen MR) is 127 cm³/mol. The van der Waals surface area contributed by atoms with Crippen LogP contribution in [0.15, 0.2) is 53.5 Å². The van der Waals surface area contributed by atoms with Gasteiger partial charge in [0.25, 0.3) is 5.69 Å². The van der Waals surface area contributed by atoms with E-state index in [1.807, 2.05) is 24.3 Å². The van der Waals surface area contributed by atoms with Gasteiger partial charge in [-0.05, 0) is 37.3 Å². The zero-order valence-electron chi connectivity index (χ0n) is 17.0. The van der Waals surface area contributed by atoms with E-state index in [1.165, 1.54) is 18.9 Å². The van der Waals surface area contributed by atoms with Gasteiger partial charge in [-0.15, -0.1) is 24.0 Å². The highest BCUT2D eigenvalue weighted by molar-refractivity contribution is 14.0. The summed E-state index contributed by atoms with van der Waals surface area (Å²) in [6, 6.07) is 14.9. The third-order valence-corrected chi connectivity index (χ3v) is 5.83. The molecular formula is C22H27IN4O3. The van der Waals surface area contributed by atoms with Gasteiger partial charge in [-0.3, -0.25) is 15.1 Å². The summed E-state index contributed by atoms with van der Waals surface area (Å²) in [4.78, 5) is 15.0. The number of hydrogen-bond acceptors (Lipinski definition) is 4. The molecule has 1 aliphatic heterocycles. The summed E-state index contributed by atoms with van der Waals surface area (Å²) >= 11 is 0. The Balaban J connectivity index is 0.00000256. The second kappa shape index (κ2) is 9.63. The molecule has 4 rings (SSSR count). The summed E-state index contributed by atoms with van der Waals surface area (Å²) in [5.74, 6) is 1.62. The summed E-state index contributed by atoms with van der Waals surface area (Å²) < 4.78 is 6.43. The first-order valence-corrected chi connectivity index (χ1v) is 10.1. The van der Waals surface area contributed by atoms with Gasteiger partial charge >= 0.3 is 0 Å². The fourth-order valence-corrected chi connectivity index (χ4v) is 4.40. The van der Waals surface area contributed by atoms with Crippen molar-refractivity contribution in [2.24, 2.45) is 4.99 Å². The maximum atomic E-state index is 11.0. The first kappa shape index (κ1) is 22.3. The summed E-state index contributed by atoms with van der Waals surface area (Å²) in [6.45, 7) is 0.456. The number of nitrogens with zero attached hydrogens (tertiary/aromatic N) is 2. The van der Waals surface area contributed by atoms with Crippen LogP contribution in [0.1, 0.15) is 49.3 Å². The van der Waals surface area contributed by atoms with E-state index in [2.05, 4.69) is 21.7 Å². The van der Waals surface area contributed by atoms with Crippen molar-refractivity contribution in [2.45, 2.75) is 50.3 Å². The van der Waals surface area contributed by atoms with Crippen molar-refractivity contribution in [1.29, 1.82) is 0 Å². The highest BCUT2D eigenvalue weighted by Crippen LogP contribution is 2.46. The minimum Gasteiger partial charge on any atom is -0.487 e. The molecule has 0 aromatic heterocycles.